The van der Waals surface area contributed by atoms with Gasteiger partial charge >= 0.3 is 0 Å². The Morgan fingerprint density at radius 2 is 2.24 bits per heavy atom. The molecule has 0 aliphatic heterocycles. The maximum absolute atomic E-state index is 10.8. The zero-order valence-corrected chi connectivity index (χ0v) is 10.7. The molecule has 0 aliphatic rings. The number of halogens is 1. The van der Waals surface area contributed by atoms with Crippen molar-refractivity contribution in [3.63, 3.8) is 0 Å². The first-order chi connectivity index (χ1) is 8.13. The lowest BCUT2D eigenvalue weighted by Gasteiger charge is -2.07. The fourth-order valence-electron chi connectivity index (χ4n) is 1.62. The zero-order valence-electron chi connectivity index (χ0n) is 9.11. The van der Waals surface area contributed by atoms with Gasteiger partial charge in [0.15, 0.2) is 0 Å². The number of non-ortho nitro benzene ring substituents is 1. The van der Waals surface area contributed by atoms with Gasteiger partial charge in [0.05, 0.1) is 4.92 Å². The number of nitro benzene ring substituents is 1. The number of anilines is 1. The van der Waals surface area contributed by atoms with Crippen LogP contribution in [0.5, 0.6) is 0 Å². The van der Waals surface area contributed by atoms with E-state index in [1.54, 1.807) is 12.3 Å². The van der Waals surface area contributed by atoms with Gasteiger partial charge in [-0.15, -0.1) is 0 Å². The molecule has 0 spiro atoms. The Morgan fingerprint density at radius 3 is 2.88 bits per heavy atom. The Bertz CT molecular complexity index is 586. The van der Waals surface area contributed by atoms with E-state index in [-0.39, 0.29) is 5.69 Å². The normalized spacial score (nSPS) is 10.5. The predicted molar refractivity (Wildman–Crippen MR) is 70.3 cm³/mol. The minimum Gasteiger partial charge on any atom is -0.370 e. The standard InChI is InChI=1S/C11H10BrN3O2/c1-2-13-11-9-5-7(15(16)17)3-4-8(9)10(12)6-14-11/h3-6H,2H2,1H3,(H,13,14). The molecule has 6 heteroatoms. The average molecular weight is 296 g/mol. The minimum absolute atomic E-state index is 0.0663. The molecule has 1 aromatic carbocycles. The van der Waals surface area contributed by atoms with Crippen LogP contribution in [0.2, 0.25) is 0 Å². The summed E-state index contributed by atoms with van der Waals surface area (Å²) in [6.07, 6.45) is 1.69. The highest BCUT2D eigenvalue weighted by molar-refractivity contribution is 9.10. The van der Waals surface area contributed by atoms with Gasteiger partial charge in [-0.1, -0.05) is 0 Å². The number of benzene rings is 1. The quantitative estimate of drug-likeness (QED) is 0.696. The molecule has 0 amide bonds. The molecule has 0 radical (unpaired) electrons. The summed E-state index contributed by atoms with van der Waals surface area (Å²) in [6, 6.07) is 4.74. The molecule has 0 unspecified atom stereocenters. The van der Waals surface area contributed by atoms with Crippen LogP contribution in [0.25, 0.3) is 10.8 Å². The van der Waals surface area contributed by atoms with Crippen LogP contribution >= 0.6 is 15.9 Å². The third-order valence-electron chi connectivity index (χ3n) is 2.38. The van der Waals surface area contributed by atoms with E-state index in [0.717, 1.165) is 15.2 Å². The smallest absolute Gasteiger partial charge is 0.270 e. The summed E-state index contributed by atoms with van der Waals surface area (Å²) in [7, 11) is 0. The van der Waals surface area contributed by atoms with Gasteiger partial charge in [-0.2, -0.15) is 0 Å². The maximum Gasteiger partial charge on any atom is 0.270 e. The number of nitro groups is 1. The topological polar surface area (TPSA) is 68.1 Å². The third-order valence-corrected chi connectivity index (χ3v) is 3.01. The molecule has 2 aromatic rings. The van der Waals surface area contributed by atoms with E-state index in [2.05, 4.69) is 26.2 Å². The van der Waals surface area contributed by atoms with Crippen LogP contribution in [0.15, 0.2) is 28.9 Å². The molecule has 0 atom stereocenters. The molecule has 5 nitrogen and oxygen atoms in total. The molecule has 1 N–H and O–H groups in total. The van der Waals surface area contributed by atoms with Crippen LogP contribution in [0, 0.1) is 10.1 Å². The average Bonchev–Trinajstić information content (AvgIpc) is 2.32. The lowest BCUT2D eigenvalue weighted by Crippen LogP contribution is -2.00. The Labute approximate surface area is 106 Å². The van der Waals surface area contributed by atoms with E-state index in [4.69, 9.17) is 0 Å². The molecule has 1 heterocycles. The molecular weight excluding hydrogens is 286 g/mol. The first kappa shape index (κ1) is 11.8. The summed E-state index contributed by atoms with van der Waals surface area (Å²) >= 11 is 3.38. The monoisotopic (exact) mass is 295 g/mol. The molecule has 0 bridgehead atoms. The number of nitrogens with zero attached hydrogens (tertiary/aromatic N) is 2. The Hall–Kier alpha value is -1.69. The molecule has 1 aromatic heterocycles. The number of nitrogens with one attached hydrogen (secondary N) is 1. The van der Waals surface area contributed by atoms with Crippen LogP contribution < -0.4 is 5.32 Å². The summed E-state index contributed by atoms with van der Waals surface area (Å²) in [5, 5.41) is 15.5. The Morgan fingerprint density at radius 1 is 1.47 bits per heavy atom. The number of rotatable bonds is 3. The summed E-state index contributed by atoms with van der Waals surface area (Å²) in [5.74, 6) is 0.661. The second kappa shape index (κ2) is 4.67. The maximum atomic E-state index is 10.8. The SMILES string of the molecule is CCNc1ncc(Br)c2ccc([N+](=O)[O-])cc12. The van der Waals surface area contributed by atoms with Gasteiger partial charge in [-0.25, -0.2) is 4.98 Å². The molecule has 88 valence electrons. The van der Waals surface area contributed by atoms with Gasteiger partial charge in [-0.3, -0.25) is 10.1 Å². The lowest BCUT2D eigenvalue weighted by molar-refractivity contribution is -0.384. The van der Waals surface area contributed by atoms with Crippen molar-refractivity contribution in [2.75, 3.05) is 11.9 Å². The largest absolute Gasteiger partial charge is 0.370 e. The second-order valence-corrected chi connectivity index (χ2v) is 4.33. The number of aromatic nitrogens is 1. The summed E-state index contributed by atoms with van der Waals surface area (Å²) < 4.78 is 0.823. The molecule has 17 heavy (non-hydrogen) atoms. The van der Waals surface area contributed by atoms with Crippen LogP contribution in [0.4, 0.5) is 11.5 Å². The van der Waals surface area contributed by atoms with Crippen LogP contribution in [0.1, 0.15) is 6.92 Å². The van der Waals surface area contributed by atoms with Gasteiger partial charge < -0.3 is 5.32 Å². The highest BCUT2D eigenvalue weighted by Gasteiger charge is 2.11. The van der Waals surface area contributed by atoms with E-state index in [0.29, 0.717) is 12.4 Å². The van der Waals surface area contributed by atoms with E-state index in [9.17, 15) is 10.1 Å². The third kappa shape index (κ3) is 2.21. The zero-order chi connectivity index (χ0) is 12.4. The van der Waals surface area contributed by atoms with E-state index >= 15 is 0 Å². The first-order valence-electron chi connectivity index (χ1n) is 5.10. The van der Waals surface area contributed by atoms with Crippen molar-refractivity contribution in [1.29, 1.82) is 0 Å². The fraction of sp³-hybridized carbons (Fsp3) is 0.182. The van der Waals surface area contributed by atoms with Crippen molar-refractivity contribution >= 4 is 38.2 Å². The molecule has 0 saturated heterocycles. The molecule has 0 saturated carbocycles. The molecule has 0 fully saturated rings. The van der Waals surface area contributed by atoms with E-state index < -0.39 is 4.92 Å². The summed E-state index contributed by atoms with van der Waals surface area (Å²) in [6.45, 7) is 2.67. The van der Waals surface area contributed by atoms with E-state index in [1.807, 2.05) is 6.92 Å². The number of pyridine rings is 1. The minimum atomic E-state index is -0.407. The van der Waals surface area contributed by atoms with Crippen molar-refractivity contribution in [3.05, 3.63) is 39.0 Å². The molecule has 2 rings (SSSR count). The van der Waals surface area contributed by atoms with Gasteiger partial charge in [0.2, 0.25) is 0 Å². The number of hydrogen-bond acceptors (Lipinski definition) is 4. The predicted octanol–water partition coefficient (Wildman–Crippen LogP) is 3.34. The van der Waals surface area contributed by atoms with Crippen molar-refractivity contribution in [3.8, 4) is 0 Å². The van der Waals surface area contributed by atoms with Gasteiger partial charge in [0.25, 0.3) is 5.69 Å². The van der Waals surface area contributed by atoms with Crippen LogP contribution in [-0.4, -0.2) is 16.5 Å². The number of fused-ring (bicyclic) bond motifs is 1. The second-order valence-electron chi connectivity index (χ2n) is 3.47. The van der Waals surface area contributed by atoms with Gasteiger partial charge in [0.1, 0.15) is 5.82 Å². The highest BCUT2D eigenvalue weighted by Crippen LogP contribution is 2.30. The van der Waals surface area contributed by atoms with Crippen LogP contribution in [-0.2, 0) is 0 Å². The van der Waals surface area contributed by atoms with Crippen molar-refractivity contribution < 1.29 is 4.92 Å². The van der Waals surface area contributed by atoms with Gasteiger partial charge in [-0.05, 0) is 28.9 Å². The summed E-state index contributed by atoms with van der Waals surface area (Å²) in [4.78, 5) is 14.6. The summed E-state index contributed by atoms with van der Waals surface area (Å²) in [5.41, 5.74) is 0.0663. The van der Waals surface area contributed by atoms with Crippen molar-refractivity contribution in [2.45, 2.75) is 6.92 Å². The molecule has 0 aliphatic carbocycles. The number of hydrogen-bond donors (Lipinski definition) is 1. The Balaban J connectivity index is 2.71. The van der Waals surface area contributed by atoms with Gasteiger partial charge in [0, 0.05) is 40.1 Å². The first-order valence-corrected chi connectivity index (χ1v) is 5.89. The Kier molecular flexibility index (Phi) is 3.23. The van der Waals surface area contributed by atoms with E-state index in [1.165, 1.54) is 12.1 Å². The fourth-order valence-corrected chi connectivity index (χ4v) is 2.07. The lowest BCUT2D eigenvalue weighted by atomic mass is 10.1. The van der Waals surface area contributed by atoms with Crippen molar-refractivity contribution in [2.24, 2.45) is 0 Å². The van der Waals surface area contributed by atoms with Crippen molar-refractivity contribution in [1.82, 2.24) is 4.98 Å². The molecular formula is C11H10BrN3O2. The van der Waals surface area contributed by atoms with Crippen LogP contribution in [0.3, 0.4) is 0 Å². The highest BCUT2D eigenvalue weighted by atomic mass is 79.9.